The molecule has 3 nitrogen and oxygen atoms in total. The maximum absolute atomic E-state index is 12.1. The van der Waals surface area contributed by atoms with Crippen LogP contribution in [-0.2, 0) is 0 Å². The summed E-state index contributed by atoms with van der Waals surface area (Å²) in [6, 6.07) is 15.0. The second kappa shape index (κ2) is 6.93. The van der Waals surface area contributed by atoms with E-state index in [4.69, 9.17) is 4.74 Å². The molecule has 0 aliphatic rings. The van der Waals surface area contributed by atoms with Gasteiger partial charge in [-0.2, -0.15) is 0 Å². The number of benzene rings is 2. The van der Waals surface area contributed by atoms with E-state index in [1.54, 1.807) is 0 Å². The minimum Gasteiger partial charge on any atom is -0.491 e. The van der Waals surface area contributed by atoms with Crippen molar-refractivity contribution < 1.29 is 9.53 Å². The average molecular weight is 283 g/mol. The molecule has 0 fully saturated rings. The number of hydrogen-bond acceptors (Lipinski definition) is 2. The molecule has 1 N–H and O–H groups in total. The van der Waals surface area contributed by atoms with Gasteiger partial charge in [0.1, 0.15) is 5.75 Å². The lowest BCUT2D eigenvalue weighted by atomic mass is 10.1. The lowest BCUT2D eigenvalue weighted by Crippen LogP contribution is -2.12. The molecule has 21 heavy (non-hydrogen) atoms. The Bertz CT molecular complexity index is 588. The van der Waals surface area contributed by atoms with Crippen molar-refractivity contribution in [3.8, 4) is 5.75 Å². The summed E-state index contributed by atoms with van der Waals surface area (Å²) in [5, 5.41) is 2.88. The number of aryl methyl sites for hydroxylation is 1. The Morgan fingerprint density at radius 3 is 2.29 bits per heavy atom. The van der Waals surface area contributed by atoms with E-state index in [0.717, 1.165) is 23.4 Å². The zero-order valence-electron chi connectivity index (χ0n) is 12.7. The summed E-state index contributed by atoms with van der Waals surface area (Å²) in [7, 11) is 0. The first-order valence-electron chi connectivity index (χ1n) is 7.23. The molecule has 0 aliphatic carbocycles. The molecule has 2 aromatic rings. The van der Waals surface area contributed by atoms with E-state index >= 15 is 0 Å². The van der Waals surface area contributed by atoms with Gasteiger partial charge in [-0.1, -0.05) is 24.6 Å². The molecular formula is C18H21NO2. The van der Waals surface area contributed by atoms with Gasteiger partial charge in [-0.05, 0) is 56.7 Å². The van der Waals surface area contributed by atoms with E-state index in [-0.39, 0.29) is 12.0 Å². The second-order valence-electron chi connectivity index (χ2n) is 5.18. The van der Waals surface area contributed by atoms with Crippen LogP contribution in [0.3, 0.4) is 0 Å². The SMILES string of the molecule is CCC(C)Oc1ccc(NC(=O)c2ccc(C)cc2)cc1. The van der Waals surface area contributed by atoms with Gasteiger partial charge in [0.2, 0.25) is 0 Å². The third-order valence-electron chi connectivity index (χ3n) is 3.34. The van der Waals surface area contributed by atoms with Crippen molar-refractivity contribution in [2.75, 3.05) is 5.32 Å². The molecule has 0 saturated carbocycles. The minimum absolute atomic E-state index is 0.106. The average Bonchev–Trinajstić information content (AvgIpc) is 2.49. The van der Waals surface area contributed by atoms with Crippen molar-refractivity contribution in [3.63, 3.8) is 0 Å². The first-order chi connectivity index (χ1) is 10.1. The zero-order chi connectivity index (χ0) is 15.2. The normalized spacial score (nSPS) is 11.8. The van der Waals surface area contributed by atoms with Crippen LogP contribution in [0.15, 0.2) is 48.5 Å². The highest BCUT2D eigenvalue weighted by Gasteiger charge is 2.06. The highest BCUT2D eigenvalue weighted by molar-refractivity contribution is 6.04. The summed E-state index contributed by atoms with van der Waals surface area (Å²) in [5.74, 6) is 0.711. The topological polar surface area (TPSA) is 38.3 Å². The summed E-state index contributed by atoms with van der Waals surface area (Å²) < 4.78 is 5.71. The number of carbonyl (C=O) groups excluding carboxylic acids is 1. The lowest BCUT2D eigenvalue weighted by molar-refractivity contribution is 0.102. The van der Waals surface area contributed by atoms with Gasteiger partial charge in [0.25, 0.3) is 5.91 Å². The first kappa shape index (κ1) is 15.1. The van der Waals surface area contributed by atoms with Crippen LogP contribution in [0.4, 0.5) is 5.69 Å². The highest BCUT2D eigenvalue weighted by atomic mass is 16.5. The van der Waals surface area contributed by atoms with Gasteiger partial charge >= 0.3 is 0 Å². The number of ether oxygens (including phenoxy) is 1. The summed E-state index contributed by atoms with van der Waals surface area (Å²) >= 11 is 0. The van der Waals surface area contributed by atoms with Crippen LogP contribution in [0.25, 0.3) is 0 Å². The van der Waals surface area contributed by atoms with Crippen molar-refractivity contribution in [1.82, 2.24) is 0 Å². The van der Waals surface area contributed by atoms with Gasteiger partial charge in [0.15, 0.2) is 0 Å². The number of nitrogens with one attached hydrogen (secondary N) is 1. The Morgan fingerprint density at radius 1 is 1.10 bits per heavy atom. The van der Waals surface area contributed by atoms with Crippen LogP contribution in [0.5, 0.6) is 5.75 Å². The van der Waals surface area contributed by atoms with E-state index in [1.165, 1.54) is 0 Å². The molecule has 2 aromatic carbocycles. The molecule has 0 spiro atoms. The summed E-state index contributed by atoms with van der Waals surface area (Å²) in [5.41, 5.74) is 2.55. The van der Waals surface area contributed by atoms with Gasteiger partial charge in [0.05, 0.1) is 6.10 Å². The Hall–Kier alpha value is -2.29. The molecule has 1 unspecified atom stereocenters. The zero-order valence-corrected chi connectivity index (χ0v) is 12.7. The highest BCUT2D eigenvalue weighted by Crippen LogP contribution is 2.18. The molecule has 1 atom stereocenters. The fourth-order valence-corrected chi connectivity index (χ4v) is 1.84. The van der Waals surface area contributed by atoms with Gasteiger partial charge in [-0.25, -0.2) is 0 Å². The second-order valence-corrected chi connectivity index (χ2v) is 5.18. The maximum Gasteiger partial charge on any atom is 0.255 e. The van der Waals surface area contributed by atoms with Gasteiger partial charge in [0, 0.05) is 11.3 Å². The van der Waals surface area contributed by atoms with Crippen molar-refractivity contribution in [2.24, 2.45) is 0 Å². The number of hydrogen-bond donors (Lipinski definition) is 1. The van der Waals surface area contributed by atoms with E-state index < -0.39 is 0 Å². The van der Waals surface area contributed by atoms with Crippen molar-refractivity contribution in [2.45, 2.75) is 33.3 Å². The summed E-state index contributed by atoms with van der Waals surface area (Å²) in [6.45, 7) is 6.12. The summed E-state index contributed by atoms with van der Waals surface area (Å²) in [6.07, 6.45) is 1.16. The van der Waals surface area contributed by atoms with Crippen LogP contribution >= 0.6 is 0 Å². The fraction of sp³-hybridized carbons (Fsp3) is 0.278. The third-order valence-corrected chi connectivity index (χ3v) is 3.34. The Kier molecular flexibility index (Phi) is 4.99. The third kappa shape index (κ3) is 4.35. The molecule has 0 bridgehead atoms. The molecular weight excluding hydrogens is 262 g/mol. The minimum atomic E-state index is -0.106. The maximum atomic E-state index is 12.1. The Balaban J connectivity index is 1.99. The molecule has 0 saturated heterocycles. The lowest BCUT2D eigenvalue weighted by Gasteiger charge is -2.13. The number of carbonyl (C=O) groups is 1. The molecule has 2 rings (SSSR count). The van der Waals surface area contributed by atoms with Crippen LogP contribution in [-0.4, -0.2) is 12.0 Å². The van der Waals surface area contributed by atoms with Gasteiger partial charge < -0.3 is 10.1 Å². The van der Waals surface area contributed by atoms with E-state index in [1.807, 2.05) is 62.4 Å². The van der Waals surface area contributed by atoms with Crippen molar-refractivity contribution in [3.05, 3.63) is 59.7 Å². The predicted octanol–water partition coefficient (Wildman–Crippen LogP) is 4.42. The smallest absolute Gasteiger partial charge is 0.255 e. The predicted molar refractivity (Wildman–Crippen MR) is 86.0 cm³/mol. The fourth-order valence-electron chi connectivity index (χ4n) is 1.84. The summed E-state index contributed by atoms with van der Waals surface area (Å²) in [4.78, 5) is 12.1. The van der Waals surface area contributed by atoms with Crippen LogP contribution in [0.1, 0.15) is 36.2 Å². The quantitative estimate of drug-likeness (QED) is 0.881. The van der Waals surface area contributed by atoms with Crippen LogP contribution in [0.2, 0.25) is 0 Å². The number of rotatable bonds is 5. The van der Waals surface area contributed by atoms with Crippen LogP contribution in [0, 0.1) is 6.92 Å². The Morgan fingerprint density at radius 2 is 1.71 bits per heavy atom. The molecule has 0 heterocycles. The molecule has 0 aromatic heterocycles. The van der Waals surface area contributed by atoms with E-state index in [0.29, 0.717) is 5.56 Å². The largest absolute Gasteiger partial charge is 0.491 e. The molecule has 110 valence electrons. The van der Waals surface area contributed by atoms with Crippen molar-refractivity contribution >= 4 is 11.6 Å². The van der Waals surface area contributed by atoms with Gasteiger partial charge in [-0.3, -0.25) is 4.79 Å². The van der Waals surface area contributed by atoms with Gasteiger partial charge in [-0.15, -0.1) is 0 Å². The van der Waals surface area contributed by atoms with E-state index in [2.05, 4.69) is 12.2 Å². The number of anilines is 1. The monoisotopic (exact) mass is 283 g/mol. The number of amides is 1. The molecule has 1 amide bonds. The van der Waals surface area contributed by atoms with E-state index in [9.17, 15) is 4.79 Å². The first-order valence-corrected chi connectivity index (χ1v) is 7.23. The molecule has 3 heteroatoms. The van der Waals surface area contributed by atoms with Crippen LogP contribution < -0.4 is 10.1 Å². The Labute approximate surface area is 126 Å². The van der Waals surface area contributed by atoms with Crippen molar-refractivity contribution in [1.29, 1.82) is 0 Å². The molecule has 0 radical (unpaired) electrons. The standard InChI is InChI=1S/C18H21NO2/c1-4-14(3)21-17-11-9-16(10-12-17)19-18(20)15-7-5-13(2)6-8-15/h5-12,14H,4H2,1-3H3,(H,19,20). The molecule has 0 aliphatic heterocycles.